The van der Waals surface area contributed by atoms with Crippen molar-refractivity contribution in [3.63, 3.8) is 0 Å². The number of rotatable bonds is 1. The fraction of sp³-hybridized carbons (Fsp3) is 0.0769. The van der Waals surface area contributed by atoms with Crippen LogP contribution in [0.5, 0.6) is 0 Å². The standard InChI is InChI=1S/C13H9F3I/c14-13(15,16)12-4-2-1-3-11(12)9-5-7-10(17)8-6-9/h1-8,17H/q+1. The lowest BCUT2D eigenvalue weighted by Gasteiger charge is -2.12. The van der Waals surface area contributed by atoms with E-state index in [0.29, 0.717) is 5.56 Å². The Hall–Kier alpha value is -1.04. The van der Waals surface area contributed by atoms with Gasteiger partial charge in [-0.05, 0) is 41.5 Å². The molecule has 0 saturated carbocycles. The Labute approximate surface area is 111 Å². The van der Waals surface area contributed by atoms with Crippen LogP contribution in [0.15, 0.2) is 48.5 Å². The molecule has 88 valence electrons. The molecule has 0 atom stereocenters. The van der Waals surface area contributed by atoms with Crippen molar-refractivity contribution in [3.8, 4) is 11.1 Å². The van der Waals surface area contributed by atoms with Crippen LogP contribution in [-0.2, 0) is 6.18 Å². The van der Waals surface area contributed by atoms with E-state index < -0.39 is 11.7 Å². The van der Waals surface area contributed by atoms with Crippen molar-refractivity contribution >= 4 is 0 Å². The van der Waals surface area contributed by atoms with Crippen molar-refractivity contribution in [1.29, 1.82) is 0 Å². The summed E-state index contributed by atoms with van der Waals surface area (Å²) in [5.41, 5.74) is 0.219. The zero-order chi connectivity index (χ0) is 12.5. The molecule has 0 aliphatic rings. The van der Waals surface area contributed by atoms with Gasteiger partial charge in [0.25, 0.3) is 22.6 Å². The van der Waals surface area contributed by atoms with Crippen LogP contribution in [0.4, 0.5) is 13.2 Å². The molecule has 0 radical (unpaired) electrons. The molecule has 0 unspecified atom stereocenters. The van der Waals surface area contributed by atoms with Gasteiger partial charge in [0.05, 0.1) is 5.56 Å². The van der Waals surface area contributed by atoms with Gasteiger partial charge in [-0.25, -0.2) is 0 Å². The first-order chi connectivity index (χ1) is 7.98. The maximum absolute atomic E-state index is 12.8. The molecule has 0 fully saturated rings. The Morgan fingerprint density at radius 3 is 2.00 bits per heavy atom. The van der Waals surface area contributed by atoms with E-state index in [4.69, 9.17) is 0 Å². The van der Waals surface area contributed by atoms with Gasteiger partial charge in [0.15, 0.2) is 3.57 Å². The molecule has 0 heterocycles. The van der Waals surface area contributed by atoms with Crippen molar-refractivity contribution in [1.82, 2.24) is 0 Å². The second-order valence-electron chi connectivity index (χ2n) is 3.57. The highest BCUT2D eigenvalue weighted by Gasteiger charge is 2.33. The molecule has 2 aromatic carbocycles. The molecule has 0 amide bonds. The monoisotopic (exact) mass is 349 g/mol. The van der Waals surface area contributed by atoms with Crippen molar-refractivity contribution in [2.75, 3.05) is 0 Å². The minimum Gasteiger partial charge on any atom is -0.166 e. The zero-order valence-electron chi connectivity index (χ0n) is 8.66. The highest BCUT2D eigenvalue weighted by Crippen LogP contribution is 2.36. The largest absolute Gasteiger partial charge is 0.417 e. The third kappa shape index (κ3) is 2.80. The highest BCUT2D eigenvalue weighted by molar-refractivity contribution is 5.67. The Balaban J connectivity index is 2.56. The second kappa shape index (κ2) is 4.68. The summed E-state index contributed by atoms with van der Waals surface area (Å²) >= 11 is 1.83. The molecule has 0 spiro atoms. The Morgan fingerprint density at radius 1 is 0.824 bits per heavy atom. The lowest BCUT2D eigenvalue weighted by molar-refractivity contribution is -0.328. The first-order valence-electron chi connectivity index (χ1n) is 4.92. The van der Waals surface area contributed by atoms with Gasteiger partial charge in [0, 0.05) is 0 Å². The molecule has 2 aromatic rings. The first kappa shape index (κ1) is 12.4. The summed E-state index contributed by atoms with van der Waals surface area (Å²) in [4.78, 5) is 0. The second-order valence-corrected chi connectivity index (χ2v) is 4.91. The molecule has 0 aliphatic heterocycles. The molecule has 0 saturated heterocycles. The Bertz CT molecular complexity index is 515. The van der Waals surface area contributed by atoms with Crippen LogP contribution in [0.2, 0.25) is 0 Å². The van der Waals surface area contributed by atoms with E-state index in [-0.39, 0.29) is 5.56 Å². The molecule has 0 nitrogen and oxygen atoms in total. The summed E-state index contributed by atoms with van der Waals surface area (Å²) in [6, 6.07) is 12.7. The van der Waals surface area contributed by atoms with E-state index in [1.54, 1.807) is 18.2 Å². The van der Waals surface area contributed by atoms with Crippen LogP contribution in [0.25, 0.3) is 11.1 Å². The Kier molecular flexibility index (Phi) is 3.42. The van der Waals surface area contributed by atoms with Crippen LogP contribution in [-0.4, -0.2) is 0 Å². The summed E-state index contributed by atoms with van der Waals surface area (Å²) in [6.45, 7) is 0. The summed E-state index contributed by atoms with van der Waals surface area (Å²) in [5, 5.41) is 0. The predicted molar refractivity (Wildman–Crippen MR) is 57.0 cm³/mol. The molecule has 0 aromatic heterocycles. The van der Waals surface area contributed by atoms with E-state index in [0.717, 1.165) is 9.64 Å². The fourth-order valence-electron chi connectivity index (χ4n) is 1.62. The minimum atomic E-state index is -4.32. The minimum absolute atomic E-state index is 0.223. The SMILES string of the molecule is FC(F)(F)c1ccccc1-c1ccc([IH+])cc1. The normalized spacial score (nSPS) is 11.5. The number of benzene rings is 2. The topological polar surface area (TPSA) is 0 Å². The van der Waals surface area contributed by atoms with Gasteiger partial charge in [-0.2, -0.15) is 13.2 Å². The van der Waals surface area contributed by atoms with Crippen LogP contribution >= 0.6 is 0 Å². The Morgan fingerprint density at radius 2 is 1.41 bits per heavy atom. The molecule has 4 heteroatoms. The fourth-order valence-corrected chi connectivity index (χ4v) is 2.00. The molecule has 0 N–H and O–H groups in total. The van der Waals surface area contributed by atoms with Gasteiger partial charge in [0.2, 0.25) is 0 Å². The quantitative estimate of drug-likeness (QED) is 0.670. The van der Waals surface area contributed by atoms with Gasteiger partial charge in [-0.3, -0.25) is 0 Å². The average molecular weight is 349 g/mol. The van der Waals surface area contributed by atoms with E-state index in [9.17, 15) is 13.2 Å². The van der Waals surface area contributed by atoms with Crippen LogP contribution < -0.4 is 22.6 Å². The smallest absolute Gasteiger partial charge is 0.166 e. The molecule has 17 heavy (non-hydrogen) atoms. The van der Waals surface area contributed by atoms with E-state index in [1.807, 2.05) is 34.7 Å². The highest BCUT2D eigenvalue weighted by atomic mass is 127. The number of halogens is 4. The van der Waals surface area contributed by atoms with Crippen molar-refractivity contribution < 1.29 is 35.8 Å². The van der Waals surface area contributed by atoms with Crippen molar-refractivity contribution in [2.24, 2.45) is 0 Å². The predicted octanol–water partition coefficient (Wildman–Crippen LogP) is 0.828. The zero-order valence-corrected chi connectivity index (χ0v) is 11.0. The maximum Gasteiger partial charge on any atom is 0.417 e. The lowest BCUT2D eigenvalue weighted by atomic mass is 9.99. The number of hydrogen-bond acceptors (Lipinski definition) is 0. The molecule has 0 bridgehead atoms. The number of alkyl halides is 3. The van der Waals surface area contributed by atoms with Crippen LogP contribution in [0.1, 0.15) is 5.56 Å². The summed E-state index contributed by atoms with van der Waals surface area (Å²) in [5.74, 6) is 0. The van der Waals surface area contributed by atoms with Gasteiger partial charge in [-0.1, -0.05) is 18.2 Å². The van der Waals surface area contributed by atoms with Gasteiger partial charge < -0.3 is 0 Å². The summed E-state index contributed by atoms with van der Waals surface area (Å²) in [6.07, 6.45) is -4.32. The molecule has 2 rings (SSSR count). The number of hydrogen-bond donors (Lipinski definition) is 0. The van der Waals surface area contributed by atoms with Gasteiger partial charge in [0.1, 0.15) is 0 Å². The first-order valence-corrected chi connectivity index (χ1v) is 6.08. The average Bonchev–Trinajstić information content (AvgIpc) is 2.29. The van der Waals surface area contributed by atoms with Crippen molar-refractivity contribution in [2.45, 2.75) is 6.18 Å². The molecule has 0 aliphatic carbocycles. The van der Waals surface area contributed by atoms with E-state index >= 15 is 0 Å². The molecular formula is C13H9F3I+. The molecular weight excluding hydrogens is 340 g/mol. The van der Waals surface area contributed by atoms with Crippen molar-refractivity contribution in [3.05, 3.63) is 57.7 Å². The van der Waals surface area contributed by atoms with E-state index in [2.05, 4.69) is 0 Å². The lowest BCUT2D eigenvalue weighted by Crippen LogP contribution is -3.34. The third-order valence-corrected chi connectivity index (χ3v) is 3.17. The van der Waals surface area contributed by atoms with Crippen LogP contribution in [0.3, 0.4) is 0 Å². The van der Waals surface area contributed by atoms with E-state index in [1.165, 1.54) is 12.1 Å². The van der Waals surface area contributed by atoms with Gasteiger partial charge in [-0.15, -0.1) is 0 Å². The van der Waals surface area contributed by atoms with Gasteiger partial charge >= 0.3 is 6.18 Å². The summed E-state index contributed by atoms with van der Waals surface area (Å²) in [7, 11) is 0. The third-order valence-electron chi connectivity index (χ3n) is 2.40. The van der Waals surface area contributed by atoms with Crippen LogP contribution in [0, 0.1) is 3.57 Å². The maximum atomic E-state index is 12.8. The summed E-state index contributed by atoms with van der Waals surface area (Å²) < 4.78 is 39.5.